The van der Waals surface area contributed by atoms with Gasteiger partial charge < -0.3 is 16.2 Å². The highest BCUT2D eigenvalue weighted by atomic mass is 19.4. The quantitative estimate of drug-likeness (QED) is 0.854. The number of hydrogen-bond donors (Lipinski definition) is 2. The summed E-state index contributed by atoms with van der Waals surface area (Å²) in [7, 11) is 0. The van der Waals surface area contributed by atoms with E-state index in [1.165, 1.54) is 30.3 Å². The lowest BCUT2D eigenvalue weighted by atomic mass is 10.1. The highest BCUT2D eigenvalue weighted by molar-refractivity contribution is 5.97. The highest BCUT2D eigenvalue weighted by Gasteiger charge is 2.30. The molecule has 0 aliphatic heterocycles. The summed E-state index contributed by atoms with van der Waals surface area (Å²) < 4.78 is 43.2. The van der Waals surface area contributed by atoms with E-state index in [0.29, 0.717) is 0 Å². The number of halogens is 3. The first-order valence-electron chi connectivity index (χ1n) is 5.82. The first-order valence-corrected chi connectivity index (χ1v) is 5.82. The van der Waals surface area contributed by atoms with Gasteiger partial charge >= 0.3 is 6.18 Å². The van der Waals surface area contributed by atoms with E-state index in [4.69, 9.17) is 16.2 Å². The van der Waals surface area contributed by atoms with Gasteiger partial charge in [-0.05, 0) is 30.3 Å². The maximum Gasteiger partial charge on any atom is 0.416 e. The molecule has 0 aromatic heterocycles. The van der Waals surface area contributed by atoms with Crippen LogP contribution in [0.15, 0.2) is 42.5 Å². The molecule has 0 bridgehead atoms. The molecule has 0 atom stereocenters. The van der Waals surface area contributed by atoms with Crippen LogP contribution in [0.3, 0.4) is 0 Å². The van der Waals surface area contributed by atoms with Crippen LogP contribution < -0.4 is 16.2 Å². The smallest absolute Gasteiger partial charge is 0.416 e. The lowest BCUT2D eigenvalue weighted by Crippen LogP contribution is -2.13. The minimum Gasteiger partial charge on any atom is -0.454 e. The molecule has 0 saturated carbocycles. The van der Waals surface area contributed by atoms with Gasteiger partial charge in [-0.3, -0.25) is 4.79 Å². The zero-order valence-electron chi connectivity index (χ0n) is 10.6. The number of benzene rings is 2. The summed E-state index contributed by atoms with van der Waals surface area (Å²) in [5.74, 6) is -0.946. The number of hydrogen-bond acceptors (Lipinski definition) is 3. The Morgan fingerprint density at radius 3 is 2.38 bits per heavy atom. The number of rotatable bonds is 3. The number of alkyl halides is 3. The van der Waals surface area contributed by atoms with Crippen LogP contribution >= 0.6 is 0 Å². The van der Waals surface area contributed by atoms with E-state index in [1.807, 2.05) is 0 Å². The number of carbonyl (C=O) groups is 1. The van der Waals surface area contributed by atoms with Crippen LogP contribution in [0.2, 0.25) is 0 Å². The molecule has 7 heteroatoms. The van der Waals surface area contributed by atoms with Gasteiger partial charge in [-0.25, -0.2) is 0 Å². The molecule has 0 aliphatic rings. The van der Waals surface area contributed by atoms with Crippen molar-refractivity contribution in [3.8, 4) is 11.5 Å². The van der Waals surface area contributed by atoms with Crippen LogP contribution in [-0.2, 0) is 6.18 Å². The predicted molar refractivity (Wildman–Crippen MR) is 70.9 cm³/mol. The SMILES string of the molecule is NC(=O)c1cccc(N)c1Oc1cccc(C(F)(F)F)c1. The fourth-order valence-electron chi connectivity index (χ4n) is 1.72. The van der Waals surface area contributed by atoms with Gasteiger partial charge in [-0.2, -0.15) is 13.2 Å². The molecule has 4 N–H and O–H groups in total. The average molecular weight is 296 g/mol. The van der Waals surface area contributed by atoms with Gasteiger partial charge in [0, 0.05) is 0 Å². The molecule has 0 saturated heterocycles. The van der Waals surface area contributed by atoms with Crippen molar-refractivity contribution in [2.24, 2.45) is 5.73 Å². The minimum atomic E-state index is -4.49. The fraction of sp³-hybridized carbons (Fsp3) is 0.0714. The van der Waals surface area contributed by atoms with Gasteiger partial charge in [0.15, 0.2) is 5.75 Å². The highest BCUT2D eigenvalue weighted by Crippen LogP contribution is 2.35. The predicted octanol–water partition coefficient (Wildman–Crippen LogP) is 3.18. The maximum absolute atomic E-state index is 12.6. The zero-order chi connectivity index (χ0) is 15.6. The van der Waals surface area contributed by atoms with Crippen molar-refractivity contribution in [2.75, 3.05) is 5.73 Å². The number of nitrogens with two attached hydrogens (primary N) is 2. The number of carbonyl (C=O) groups excluding carboxylic acids is 1. The summed E-state index contributed by atoms with van der Waals surface area (Å²) in [6.07, 6.45) is -4.49. The molecule has 2 aromatic rings. The Hall–Kier alpha value is -2.70. The largest absolute Gasteiger partial charge is 0.454 e. The Bertz CT molecular complexity index is 684. The summed E-state index contributed by atoms with van der Waals surface area (Å²) in [4.78, 5) is 11.3. The van der Waals surface area contributed by atoms with Gasteiger partial charge in [0.05, 0.1) is 16.8 Å². The summed E-state index contributed by atoms with van der Waals surface area (Å²) >= 11 is 0. The molecule has 4 nitrogen and oxygen atoms in total. The van der Waals surface area contributed by atoms with Crippen molar-refractivity contribution < 1.29 is 22.7 Å². The second kappa shape index (κ2) is 5.35. The molecule has 0 unspecified atom stereocenters. The molecule has 0 spiro atoms. The topological polar surface area (TPSA) is 78.3 Å². The molecule has 0 fully saturated rings. The van der Waals surface area contributed by atoms with Crippen molar-refractivity contribution >= 4 is 11.6 Å². The van der Waals surface area contributed by atoms with E-state index < -0.39 is 17.6 Å². The molecular weight excluding hydrogens is 285 g/mol. The molecule has 21 heavy (non-hydrogen) atoms. The van der Waals surface area contributed by atoms with Crippen LogP contribution in [0.4, 0.5) is 18.9 Å². The van der Waals surface area contributed by atoms with E-state index in [0.717, 1.165) is 12.1 Å². The summed E-state index contributed by atoms with van der Waals surface area (Å²) in [5, 5.41) is 0. The lowest BCUT2D eigenvalue weighted by molar-refractivity contribution is -0.137. The molecule has 1 amide bonds. The molecule has 0 heterocycles. The Kier molecular flexibility index (Phi) is 3.75. The second-order valence-corrected chi connectivity index (χ2v) is 4.22. The third kappa shape index (κ3) is 3.25. The molecule has 2 aromatic carbocycles. The third-order valence-electron chi connectivity index (χ3n) is 2.69. The maximum atomic E-state index is 12.6. The Labute approximate surface area is 118 Å². The van der Waals surface area contributed by atoms with E-state index in [9.17, 15) is 18.0 Å². The second-order valence-electron chi connectivity index (χ2n) is 4.22. The zero-order valence-corrected chi connectivity index (χ0v) is 10.6. The summed E-state index contributed by atoms with van der Waals surface area (Å²) in [6, 6.07) is 8.58. The molecule has 0 aliphatic carbocycles. The van der Waals surface area contributed by atoms with Crippen molar-refractivity contribution in [3.63, 3.8) is 0 Å². The fourth-order valence-corrected chi connectivity index (χ4v) is 1.72. The number of primary amides is 1. The van der Waals surface area contributed by atoms with E-state index in [-0.39, 0.29) is 22.7 Å². The van der Waals surface area contributed by atoms with Crippen LogP contribution in [0.5, 0.6) is 11.5 Å². The van der Waals surface area contributed by atoms with Gasteiger partial charge in [0.2, 0.25) is 0 Å². The summed E-state index contributed by atoms with van der Waals surface area (Å²) in [6.45, 7) is 0. The van der Waals surface area contributed by atoms with E-state index in [1.54, 1.807) is 0 Å². The van der Waals surface area contributed by atoms with Gasteiger partial charge in [0.25, 0.3) is 5.91 Å². The number of anilines is 1. The van der Waals surface area contributed by atoms with E-state index >= 15 is 0 Å². The van der Waals surface area contributed by atoms with Gasteiger partial charge in [-0.15, -0.1) is 0 Å². The van der Waals surface area contributed by atoms with Gasteiger partial charge in [0.1, 0.15) is 5.75 Å². The van der Waals surface area contributed by atoms with Crippen LogP contribution in [-0.4, -0.2) is 5.91 Å². The molecule has 110 valence electrons. The Morgan fingerprint density at radius 2 is 1.76 bits per heavy atom. The minimum absolute atomic E-state index is 0.00703. The normalized spacial score (nSPS) is 11.2. The van der Waals surface area contributed by atoms with Crippen LogP contribution in [0, 0.1) is 0 Å². The number of nitrogen functional groups attached to an aromatic ring is 1. The molecular formula is C14H11F3N2O2. The van der Waals surface area contributed by atoms with Crippen LogP contribution in [0.25, 0.3) is 0 Å². The third-order valence-corrected chi connectivity index (χ3v) is 2.69. The van der Waals surface area contributed by atoms with Gasteiger partial charge in [-0.1, -0.05) is 12.1 Å². The summed E-state index contributed by atoms with van der Waals surface area (Å²) in [5.41, 5.74) is 10.1. The first-order chi connectivity index (χ1) is 9.79. The lowest BCUT2D eigenvalue weighted by Gasteiger charge is -2.13. The number of ether oxygens (including phenoxy) is 1. The van der Waals surface area contributed by atoms with E-state index in [2.05, 4.69) is 0 Å². The van der Waals surface area contributed by atoms with Crippen LogP contribution in [0.1, 0.15) is 15.9 Å². The number of para-hydroxylation sites is 1. The Morgan fingerprint density at radius 1 is 1.10 bits per heavy atom. The van der Waals surface area contributed by atoms with Crippen molar-refractivity contribution in [1.82, 2.24) is 0 Å². The molecule has 2 rings (SSSR count). The van der Waals surface area contributed by atoms with Crippen molar-refractivity contribution in [3.05, 3.63) is 53.6 Å². The number of amides is 1. The van der Waals surface area contributed by atoms with Crippen molar-refractivity contribution in [2.45, 2.75) is 6.18 Å². The first kappa shape index (κ1) is 14.7. The average Bonchev–Trinajstić information content (AvgIpc) is 2.40. The molecule has 0 radical (unpaired) electrons. The Balaban J connectivity index is 2.42. The monoisotopic (exact) mass is 296 g/mol. The van der Waals surface area contributed by atoms with Crippen molar-refractivity contribution in [1.29, 1.82) is 0 Å². The standard InChI is InChI=1S/C14H11F3N2O2/c15-14(16,17)8-3-1-4-9(7-8)21-12-10(13(19)20)5-2-6-11(12)18/h1-7H,18H2,(H2,19,20).